The third-order valence-corrected chi connectivity index (χ3v) is 5.14. The molecule has 142 valence electrons. The molecule has 0 spiro atoms. The fourth-order valence-electron chi connectivity index (χ4n) is 3.40. The highest BCUT2D eigenvalue weighted by molar-refractivity contribution is 6.35. The maximum atomic E-state index is 12.4. The number of aromatic nitrogens is 4. The van der Waals surface area contributed by atoms with Crippen molar-refractivity contribution < 1.29 is 4.42 Å². The van der Waals surface area contributed by atoms with Gasteiger partial charge in [-0.2, -0.15) is 0 Å². The minimum Gasteiger partial charge on any atom is -0.460 e. The molecule has 0 saturated carbocycles. The number of aromatic amines is 1. The predicted molar refractivity (Wildman–Crippen MR) is 113 cm³/mol. The molecule has 0 radical (unpaired) electrons. The molecule has 0 amide bonds. The minimum atomic E-state index is -0.209. The first-order valence-corrected chi connectivity index (χ1v) is 9.40. The van der Waals surface area contributed by atoms with E-state index < -0.39 is 0 Å². The summed E-state index contributed by atoms with van der Waals surface area (Å²) in [6.45, 7) is 3.86. The van der Waals surface area contributed by atoms with Crippen molar-refractivity contribution in [2.75, 3.05) is 0 Å². The highest BCUT2D eigenvalue weighted by atomic mass is 35.5. The Hall–Kier alpha value is -3.51. The molecule has 0 aliphatic rings. The van der Waals surface area contributed by atoms with E-state index in [-0.39, 0.29) is 10.9 Å². The molecule has 7 heteroatoms. The normalized spacial score (nSPS) is 11.4. The molecule has 4 aromatic heterocycles. The SMILES string of the molecule is Cc1ccc(-c2nc3[nH]ccc(=O)c3nc2-c2cc(Cl)c3nccc(C)c3c2)o1. The summed E-state index contributed by atoms with van der Waals surface area (Å²) in [6, 6.07) is 10.8. The Morgan fingerprint density at radius 3 is 2.66 bits per heavy atom. The average Bonchev–Trinajstić information content (AvgIpc) is 3.14. The molecule has 5 rings (SSSR count). The van der Waals surface area contributed by atoms with Crippen molar-refractivity contribution in [2.45, 2.75) is 13.8 Å². The number of H-pyrrole nitrogens is 1. The van der Waals surface area contributed by atoms with E-state index in [0.717, 1.165) is 27.8 Å². The molecule has 0 atom stereocenters. The number of hydrogen-bond donors (Lipinski definition) is 1. The van der Waals surface area contributed by atoms with Crippen LogP contribution in [0.3, 0.4) is 0 Å². The molecule has 5 aromatic rings. The first-order chi connectivity index (χ1) is 14.0. The Morgan fingerprint density at radius 1 is 1.00 bits per heavy atom. The number of nitrogens with zero attached hydrogens (tertiary/aromatic N) is 3. The molecule has 4 heterocycles. The van der Waals surface area contributed by atoms with Crippen molar-refractivity contribution in [3.8, 4) is 22.7 Å². The number of benzene rings is 1. The molecule has 0 saturated heterocycles. The fraction of sp³-hybridized carbons (Fsp3) is 0.0909. The maximum absolute atomic E-state index is 12.4. The van der Waals surface area contributed by atoms with Gasteiger partial charge in [0, 0.05) is 29.4 Å². The largest absolute Gasteiger partial charge is 0.460 e. The standard InChI is InChI=1S/C22H15ClN4O2/c1-11-5-7-24-19-14(11)9-13(10-15(19)23)18-21(17-4-3-12(2)29-17)27-22-20(26-18)16(28)6-8-25-22/h3-10H,1-2H3,(H,25,27,28). The van der Waals surface area contributed by atoms with Crippen LogP contribution in [-0.2, 0) is 0 Å². The van der Waals surface area contributed by atoms with Crippen molar-refractivity contribution >= 4 is 33.7 Å². The summed E-state index contributed by atoms with van der Waals surface area (Å²) in [6.07, 6.45) is 3.29. The van der Waals surface area contributed by atoms with Crippen LogP contribution in [-0.4, -0.2) is 19.9 Å². The van der Waals surface area contributed by atoms with Crippen LogP contribution in [0.1, 0.15) is 11.3 Å². The van der Waals surface area contributed by atoms with Gasteiger partial charge < -0.3 is 9.40 Å². The lowest BCUT2D eigenvalue weighted by atomic mass is 10.0. The van der Waals surface area contributed by atoms with Crippen molar-refractivity contribution in [3.63, 3.8) is 0 Å². The number of halogens is 1. The highest BCUT2D eigenvalue weighted by Gasteiger charge is 2.19. The Kier molecular flexibility index (Phi) is 3.96. The lowest BCUT2D eigenvalue weighted by molar-refractivity contribution is 0.546. The first-order valence-electron chi connectivity index (χ1n) is 9.03. The van der Waals surface area contributed by atoms with Gasteiger partial charge in [0.25, 0.3) is 0 Å². The lowest BCUT2D eigenvalue weighted by Crippen LogP contribution is -2.06. The molecular weight excluding hydrogens is 388 g/mol. The van der Waals surface area contributed by atoms with Gasteiger partial charge in [0.05, 0.1) is 10.5 Å². The fourth-order valence-corrected chi connectivity index (χ4v) is 3.67. The van der Waals surface area contributed by atoms with Gasteiger partial charge in [-0.3, -0.25) is 9.78 Å². The highest BCUT2D eigenvalue weighted by Crippen LogP contribution is 2.35. The van der Waals surface area contributed by atoms with Gasteiger partial charge in [-0.15, -0.1) is 0 Å². The summed E-state index contributed by atoms with van der Waals surface area (Å²) in [5.74, 6) is 1.32. The second-order valence-electron chi connectivity index (χ2n) is 6.85. The van der Waals surface area contributed by atoms with E-state index >= 15 is 0 Å². The van der Waals surface area contributed by atoms with E-state index in [1.54, 1.807) is 18.5 Å². The zero-order valence-electron chi connectivity index (χ0n) is 15.7. The Balaban J connectivity index is 1.88. The minimum absolute atomic E-state index is 0.209. The zero-order chi connectivity index (χ0) is 20.1. The van der Waals surface area contributed by atoms with Gasteiger partial charge in [-0.05, 0) is 49.7 Å². The van der Waals surface area contributed by atoms with Crippen molar-refractivity contribution in [1.82, 2.24) is 19.9 Å². The van der Waals surface area contributed by atoms with Gasteiger partial charge >= 0.3 is 0 Å². The number of rotatable bonds is 2. The van der Waals surface area contributed by atoms with Crippen LogP contribution in [0, 0.1) is 13.8 Å². The molecule has 6 nitrogen and oxygen atoms in total. The molecular formula is C22H15ClN4O2. The number of pyridine rings is 2. The third-order valence-electron chi connectivity index (χ3n) is 4.85. The van der Waals surface area contributed by atoms with Gasteiger partial charge in [-0.25, -0.2) is 9.97 Å². The topological polar surface area (TPSA) is 84.7 Å². The van der Waals surface area contributed by atoms with Gasteiger partial charge in [0.1, 0.15) is 17.1 Å². The van der Waals surface area contributed by atoms with Crippen LogP contribution >= 0.6 is 11.6 Å². The molecule has 0 aliphatic heterocycles. The monoisotopic (exact) mass is 402 g/mol. The average molecular weight is 403 g/mol. The van der Waals surface area contributed by atoms with E-state index in [9.17, 15) is 4.79 Å². The summed E-state index contributed by atoms with van der Waals surface area (Å²) in [5, 5.41) is 1.42. The van der Waals surface area contributed by atoms with E-state index in [1.807, 2.05) is 38.1 Å². The number of hydrogen-bond acceptors (Lipinski definition) is 5. The molecule has 0 aliphatic carbocycles. The zero-order valence-corrected chi connectivity index (χ0v) is 16.4. The van der Waals surface area contributed by atoms with E-state index in [2.05, 4.69) is 19.9 Å². The van der Waals surface area contributed by atoms with Crippen LogP contribution in [0.4, 0.5) is 0 Å². The molecule has 1 N–H and O–H groups in total. The number of furan rings is 1. The Morgan fingerprint density at radius 2 is 1.86 bits per heavy atom. The van der Waals surface area contributed by atoms with E-state index in [4.69, 9.17) is 16.0 Å². The van der Waals surface area contributed by atoms with Gasteiger partial charge in [0.15, 0.2) is 16.9 Å². The summed E-state index contributed by atoms with van der Waals surface area (Å²) in [4.78, 5) is 29.1. The number of aryl methyl sites for hydroxylation is 2. The lowest BCUT2D eigenvalue weighted by Gasteiger charge is -2.11. The predicted octanol–water partition coefficient (Wildman–Crippen LogP) is 5.06. The summed E-state index contributed by atoms with van der Waals surface area (Å²) in [5.41, 5.74) is 4.00. The van der Waals surface area contributed by atoms with Gasteiger partial charge in [-0.1, -0.05) is 11.6 Å². The van der Waals surface area contributed by atoms with E-state index in [0.29, 0.717) is 27.8 Å². The summed E-state index contributed by atoms with van der Waals surface area (Å²) >= 11 is 6.53. The van der Waals surface area contributed by atoms with Gasteiger partial charge in [0.2, 0.25) is 5.43 Å². The second kappa shape index (κ2) is 6.53. The van der Waals surface area contributed by atoms with Crippen LogP contribution in [0.5, 0.6) is 0 Å². The molecule has 1 aromatic carbocycles. The summed E-state index contributed by atoms with van der Waals surface area (Å²) < 4.78 is 5.81. The Bertz CT molecular complexity index is 1470. The van der Waals surface area contributed by atoms with E-state index in [1.165, 1.54) is 6.07 Å². The molecule has 0 fully saturated rings. The maximum Gasteiger partial charge on any atom is 0.209 e. The van der Waals surface area contributed by atoms with Crippen LogP contribution < -0.4 is 5.43 Å². The third kappa shape index (κ3) is 2.89. The number of nitrogens with one attached hydrogen (secondary N) is 1. The van der Waals surface area contributed by atoms with Crippen molar-refractivity contribution in [2.24, 2.45) is 0 Å². The van der Waals surface area contributed by atoms with Crippen LogP contribution in [0.15, 0.2) is 58.0 Å². The van der Waals surface area contributed by atoms with Crippen molar-refractivity contribution in [3.05, 3.63) is 75.4 Å². The quantitative estimate of drug-likeness (QED) is 0.446. The first kappa shape index (κ1) is 17.6. The molecule has 0 bridgehead atoms. The van der Waals surface area contributed by atoms with Crippen molar-refractivity contribution in [1.29, 1.82) is 0 Å². The van der Waals surface area contributed by atoms with Crippen LogP contribution in [0.25, 0.3) is 44.8 Å². The second-order valence-corrected chi connectivity index (χ2v) is 7.26. The number of fused-ring (bicyclic) bond motifs is 2. The summed E-state index contributed by atoms with van der Waals surface area (Å²) in [7, 11) is 0. The Labute approximate surface area is 170 Å². The smallest absolute Gasteiger partial charge is 0.209 e. The molecule has 0 unspecified atom stereocenters. The van der Waals surface area contributed by atoms with Crippen LogP contribution in [0.2, 0.25) is 5.02 Å². The molecule has 29 heavy (non-hydrogen) atoms.